The Kier molecular flexibility index (Phi) is 4.72. The quantitative estimate of drug-likeness (QED) is 0.717. The Morgan fingerprint density at radius 2 is 2.19 bits per heavy atom. The minimum atomic E-state index is -0.289. The van der Waals surface area contributed by atoms with Crippen LogP contribution in [0.25, 0.3) is 0 Å². The smallest absolute Gasteiger partial charge is 0.315 e. The number of amides is 2. The maximum absolute atomic E-state index is 12.3. The third-order valence-electron chi connectivity index (χ3n) is 4.92. The van der Waals surface area contributed by atoms with Crippen LogP contribution < -0.4 is 20.9 Å². The molecule has 2 aliphatic rings. The molecule has 4 rings (SSSR count). The van der Waals surface area contributed by atoms with Crippen LogP contribution in [0.2, 0.25) is 0 Å². The van der Waals surface area contributed by atoms with Crippen molar-refractivity contribution in [2.75, 3.05) is 6.61 Å². The number of fused-ring (bicyclic) bond motifs is 2. The topological polar surface area (TPSA) is 83.2 Å². The summed E-state index contributed by atoms with van der Waals surface area (Å²) in [6.45, 7) is 0.771. The molecular formula is C19H20BrN3O3. The molecule has 0 radical (unpaired) electrons. The van der Waals surface area contributed by atoms with Crippen LogP contribution in [0.4, 0.5) is 4.79 Å². The van der Waals surface area contributed by atoms with Gasteiger partial charge in [-0.1, -0.05) is 15.9 Å². The van der Waals surface area contributed by atoms with E-state index in [1.54, 1.807) is 0 Å². The fourth-order valence-corrected chi connectivity index (χ4v) is 3.97. The first-order chi connectivity index (χ1) is 12.6. The number of halogens is 1. The highest BCUT2D eigenvalue weighted by Crippen LogP contribution is 2.34. The monoisotopic (exact) mass is 417 g/mol. The van der Waals surface area contributed by atoms with Crippen LogP contribution in [0.15, 0.2) is 33.5 Å². The second kappa shape index (κ2) is 7.15. The second-order valence-electron chi connectivity index (χ2n) is 6.68. The van der Waals surface area contributed by atoms with Crippen LogP contribution in [0.5, 0.6) is 5.75 Å². The number of benzene rings is 1. The Hall–Kier alpha value is -2.28. The number of carbonyl (C=O) groups excluding carboxylic acids is 1. The van der Waals surface area contributed by atoms with E-state index in [0.717, 1.165) is 40.7 Å². The number of pyridine rings is 1. The van der Waals surface area contributed by atoms with Crippen LogP contribution in [-0.2, 0) is 19.4 Å². The lowest BCUT2D eigenvalue weighted by atomic mass is 10.0. The van der Waals surface area contributed by atoms with Crippen molar-refractivity contribution in [3.8, 4) is 5.75 Å². The molecule has 3 N–H and O–H groups in total. The van der Waals surface area contributed by atoms with Crippen molar-refractivity contribution in [1.82, 2.24) is 15.6 Å². The van der Waals surface area contributed by atoms with E-state index >= 15 is 0 Å². The summed E-state index contributed by atoms with van der Waals surface area (Å²) in [6, 6.07) is 7.29. The number of hydrogen-bond donors (Lipinski definition) is 3. The molecule has 0 saturated carbocycles. The van der Waals surface area contributed by atoms with Crippen molar-refractivity contribution in [1.29, 1.82) is 0 Å². The van der Waals surface area contributed by atoms with E-state index in [0.29, 0.717) is 18.6 Å². The van der Waals surface area contributed by atoms with E-state index in [-0.39, 0.29) is 24.2 Å². The molecule has 0 bridgehead atoms. The lowest BCUT2D eigenvalue weighted by Gasteiger charge is -2.27. The predicted molar refractivity (Wildman–Crippen MR) is 101 cm³/mol. The van der Waals surface area contributed by atoms with Gasteiger partial charge < -0.3 is 20.4 Å². The summed E-state index contributed by atoms with van der Waals surface area (Å²) in [5, 5.41) is 5.78. The highest BCUT2D eigenvalue weighted by atomic mass is 79.9. The van der Waals surface area contributed by atoms with Gasteiger partial charge in [-0.15, -0.1) is 0 Å². The van der Waals surface area contributed by atoms with Crippen molar-refractivity contribution < 1.29 is 9.53 Å². The lowest BCUT2D eigenvalue weighted by Crippen LogP contribution is -2.40. The van der Waals surface area contributed by atoms with Gasteiger partial charge in [0.15, 0.2) is 0 Å². The van der Waals surface area contributed by atoms with E-state index in [2.05, 4.69) is 31.5 Å². The summed E-state index contributed by atoms with van der Waals surface area (Å²) >= 11 is 3.46. The Labute approximate surface area is 159 Å². The van der Waals surface area contributed by atoms with Gasteiger partial charge in [-0.25, -0.2) is 4.79 Å². The molecule has 1 aromatic carbocycles. The van der Waals surface area contributed by atoms with E-state index in [4.69, 9.17) is 4.74 Å². The number of hydrogen-bond acceptors (Lipinski definition) is 3. The summed E-state index contributed by atoms with van der Waals surface area (Å²) in [4.78, 5) is 27.4. The van der Waals surface area contributed by atoms with Crippen LogP contribution in [0.3, 0.4) is 0 Å². The molecule has 0 spiro atoms. The zero-order valence-corrected chi connectivity index (χ0v) is 15.8. The SMILES string of the molecule is O=C(NCc1cc2c([nH]c1=O)CCC2)NC1CCOc2ccc(Br)cc21. The zero-order chi connectivity index (χ0) is 18.1. The van der Waals surface area contributed by atoms with Gasteiger partial charge in [0.05, 0.1) is 12.6 Å². The third kappa shape index (κ3) is 3.49. The molecule has 6 nitrogen and oxygen atoms in total. The first-order valence-corrected chi connectivity index (χ1v) is 9.60. The average molecular weight is 418 g/mol. The maximum atomic E-state index is 12.3. The molecule has 0 fully saturated rings. The number of ether oxygens (including phenoxy) is 1. The van der Waals surface area contributed by atoms with Crippen LogP contribution >= 0.6 is 15.9 Å². The van der Waals surface area contributed by atoms with Gasteiger partial charge in [-0.3, -0.25) is 4.79 Å². The molecule has 1 aromatic heterocycles. The van der Waals surface area contributed by atoms with Gasteiger partial charge in [0.25, 0.3) is 5.56 Å². The summed E-state index contributed by atoms with van der Waals surface area (Å²) in [5.41, 5.74) is 3.65. The highest BCUT2D eigenvalue weighted by molar-refractivity contribution is 9.10. The minimum absolute atomic E-state index is 0.116. The number of aromatic nitrogens is 1. The van der Waals surface area contributed by atoms with Gasteiger partial charge in [0.1, 0.15) is 5.75 Å². The summed E-state index contributed by atoms with van der Waals surface area (Å²) < 4.78 is 6.58. The number of rotatable bonds is 3. The third-order valence-corrected chi connectivity index (χ3v) is 5.41. The van der Waals surface area contributed by atoms with E-state index in [1.165, 1.54) is 5.56 Å². The molecule has 2 aromatic rings. The average Bonchev–Trinajstić information content (AvgIpc) is 3.07. The minimum Gasteiger partial charge on any atom is -0.493 e. The number of nitrogens with one attached hydrogen (secondary N) is 3. The number of aryl methyl sites for hydroxylation is 2. The molecule has 1 aliphatic heterocycles. The molecule has 1 aliphatic carbocycles. The van der Waals surface area contributed by atoms with E-state index in [1.807, 2.05) is 24.3 Å². The summed E-state index contributed by atoms with van der Waals surface area (Å²) in [5.74, 6) is 0.791. The first kappa shape index (κ1) is 17.1. The van der Waals surface area contributed by atoms with Crippen molar-refractivity contribution in [2.45, 2.75) is 38.3 Å². The standard InChI is InChI=1S/C19H20BrN3O3/c20-13-4-5-17-14(9-13)16(6-7-26-17)23-19(25)21-10-12-8-11-2-1-3-15(11)22-18(12)24/h4-5,8-9,16H,1-3,6-7,10H2,(H,22,24)(H2,21,23,25). The summed E-state index contributed by atoms with van der Waals surface area (Å²) in [6.07, 6.45) is 3.69. The van der Waals surface area contributed by atoms with Gasteiger partial charge in [0.2, 0.25) is 0 Å². The molecule has 26 heavy (non-hydrogen) atoms. The lowest BCUT2D eigenvalue weighted by molar-refractivity contribution is 0.223. The van der Waals surface area contributed by atoms with Crippen molar-refractivity contribution in [3.63, 3.8) is 0 Å². The maximum Gasteiger partial charge on any atom is 0.315 e. The number of H-pyrrole nitrogens is 1. The predicted octanol–water partition coefficient (Wildman–Crippen LogP) is 2.95. The molecule has 2 heterocycles. The van der Waals surface area contributed by atoms with Gasteiger partial charge >= 0.3 is 6.03 Å². The number of aromatic amines is 1. The molecule has 1 atom stereocenters. The fourth-order valence-electron chi connectivity index (χ4n) is 3.59. The fraction of sp³-hybridized carbons (Fsp3) is 0.368. The summed E-state index contributed by atoms with van der Waals surface area (Å²) in [7, 11) is 0. The van der Waals surface area contributed by atoms with Crippen LogP contribution in [0.1, 0.15) is 41.3 Å². The van der Waals surface area contributed by atoms with Gasteiger partial charge in [-0.05, 0) is 49.1 Å². The molecular weight excluding hydrogens is 398 g/mol. The first-order valence-electron chi connectivity index (χ1n) is 8.81. The largest absolute Gasteiger partial charge is 0.493 e. The van der Waals surface area contributed by atoms with Crippen molar-refractivity contribution >= 4 is 22.0 Å². The van der Waals surface area contributed by atoms with Crippen molar-refractivity contribution in [2.24, 2.45) is 0 Å². The van der Waals surface area contributed by atoms with Crippen LogP contribution in [-0.4, -0.2) is 17.6 Å². The van der Waals surface area contributed by atoms with Crippen LogP contribution in [0, 0.1) is 0 Å². The second-order valence-corrected chi connectivity index (χ2v) is 7.60. The Bertz CT molecular complexity index is 909. The van der Waals surface area contributed by atoms with Crippen molar-refractivity contribution in [3.05, 3.63) is 61.5 Å². The van der Waals surface area contributed by atoms with E-state index in [9.17, 15) is 9.59 Å². The number of urea groups is 1. The number of carbonyl (C=O) groups is 1. The molecule has 136 valence electrons. The normalized spacial score (nSPS) is 17.8. The Morgan fingerprint density at radius 3 is 3.08 bits per heavy atom. The molecule has 1 unspecified atom stereocenters. The van der Waals surface area contributed by atoms with Gasteiger partial charge in [0, 0.05) is 34.3 Å². The molecule has 7 heteroatoms. The van der Waals surface area contributed by atoms with Gasteiger partial charge in [-0.2, -0.15) is 0 Å². The Morgan fingerprint density at radius 1 is 1.31 bits per heavy atom. The zero-order valence-electron chi connectivity index (χ0n) is 14.2. The Balaban J connectivity index is 1.41. The molecule has 0 saturated heterocycles. The highest BCUT2D eigenvalue weighted by Gasteiger charge is 2.23. The molecule has 2 amide bonds. The van der Waals surface area contributed by atoms with E-state index < -0.39 is 0 Å².